The van der Waals surface area contributed by atoms with Gasteiger partial charge in [0.05, 0.1) is 12.9 Å². The molecule has 19 heavy (non-hydrogen) atoms. The minimum atomic E-state index is 0.282. The summed E-state index contributed by atoms with van der Waals surface area (Å²) in [5.41, 5.74) is 7.04. The normalized spacial score (nSPS) is 13.8. The lowest BCUT2D eigenvalue weighted by Gasteiger charge is -2.28. The fraction of sp³-hybridized carbons (Fsp3) is 0.562. The number of nitrogens with two attached hydrogens (primary N) is 1. The number of benzene rings is 1. The number of rotatable bonds is 8. The minimum Gasteiger partial charge on any atom is -0.497 e. The standard InChI is InChI=1S/C16H26N2O/c1-4-16(2,11-5-6-15(17)18)12-13-7-9-14(19-3)10-8-13/h7-10H,4-6,11-12H2,1-3H3,(H3,17,18). The molecule has 3 N–H and O–H groups in total. The van der Waals surface area contributed by atoms with Gasteiger partial charge in [-0.2, -0.15) is 0 Å². The first-order valence-corrected chi connectivity index (χ1v) is 6.95. The van der Waals surface area contributed by atoms with E-state index in [1.165, 1.54) is 5.56 Å². The quantitative estimate of drug-likeness (QED) is 0.553. The minimum absolute atomic E-state index is 0.282. The van der Waals surface area contributed by atoms with E-state index in [0.29, 0.717) is 12.3 Å². The summed E-state index contributed by atoms with van der Waals surface area (Å²) in [5.74, 6) is 1.20. The highest BCUT2D eigenvalue weighted by Crippen LogP contribution is 2.32. The topological polar surface area (TPSA) is 59.1 Å². The Hall–Kier alpha value is -1.51. The van der Waals surface area contributed by atoms with Crippen LogP contribution in [0.4, 0.5) is 0 Å². The third-order valence-corrected chi connectivity index (χ3v) is 3.87. The van der Waals surface area contributed by atoms with Crippen molar-refractivity contribution in [2.45, 2.75) is 46.0 Å². The van der Waals surface area contributed by atoms with Crippen LogP contribution in [0.2, 0.25) is 0 Å². The van der Waals surface area contributed by atoms with Gasteiger partial charge in [-0.25, -0.2) is 0 Å². The van der Waals surface area contributed by atoms with E-state index in [0.717, 1.165) is 31.4 Å². The molecule has 0 aliphatic heterocycles. The van der Waals surface area contributed by atoms with Gasteiger partial charge in [0.2, 0.25) is 0 Å². The number of amidine groups is 1. The first kappa shape index (κ1) is 15.5. The second-order valence-electron chi connectivity index (χ2n) is 5.57. The Balaban J connectivity index is 2.60. The molecular formula is C16H26N2O. The fourth-order valence-corrected chi connectivity index (χ4v) is 2.33. The first-order chi connectivity index (χ1) is 8.99. The van der Waals surface area contributed by atoms with Gasteiger partial charge in [0.1, 0.15) is 5.75 Å². The fourth-order valence-electron chi connectivity index (χ4n) is 2.33. The molecule has 3 nitrogen and oxygen atoms in total. The smallest absolute Gasteiger partial charge is 0.118 e. The molecule has 1 atom stereocenters. The molecule has 106 valence electrons. The molecule has 0 aliphatic carbocycles. The van der Waals surface area contributed by atoms with Gasteiger partial charge in [0.15, 0.2) is 0 Å². The molecule has 0 fully saturated rings. The van der Waals surface area contributed by atoms with Gasteiger partial charge in [-0.1, -0.05) is 32.4 Å². The van der Waals surface area contributed by atoms with Crippen LogP contribution in [-0.4, -0.2) is 12.9 Å². The molecule has 0 spiro atoms. The number of methoxy groups -OCH3 is 1. The summed E-state index contributed by atoms with van der Waals surface area (Å²) >= 11 is 0. The van der Waals surface area contributed by atoms with Gasteiger partial charge in [0.25, 0.3) is 0 Å². The van der Waals surface area contributed by atoms with Crippen molar-refractivity contribution in [2.24, 2.45) is 11.1 Å². The van der Waals surface area contributed by atoms with E-state index in [4.69, 9.17) is 15.9 Å². The molecular weight excluding hydrogens is 236 g/mol. The van der Waals surface area contributed by atoms with Gasteiger partial charge < -0.3 is 10.5 Å². The maximum atomic E-state index is 7.29. The zero-order valence-electron chi connectivity index (χ0n) is 12.3. The summed E-state index contributed by atoms with van der Waals surface area (Å²) in [5, 5.41) is 7.29. The molecule has 0 aliphatic rings. The largest absolute Gasteiger partial charge is 0.497 e. The Morgan fingerprint density at radius 3 is 2.42 bits per heavy atom. The average Bonchev–Trinajstić information content (AvgIpc) is 2.39. The van der Waals surface area contributed by atoms with Crippen LogP contribution in [0.15, 0.2) is 24.3 Å². The number of ether oxygens (including phenoxy) is 1. The highest BCUT2D eigenvalue weighted by molar-refractivity contribution is 5.76. The van der Waals surface area contributed by atoms with Gasteiger partial charge in [-0.3, -0.25) is 5.41 Å². The molecule has 0 amide bonds. The maximum absolute atomic E-state index is 7.29. The van der Waals surface area contributed by atoms with Crippen molar-refractivity contribution in [3.8, 4) is 5.75 Å². The van der Waals surface area contributed by atoms with Crippen molar-refractivity contribution in [1.82, 2.24) is 0 Å². The van der Waals surface area contributed by atoms with Crippen molar-refractivity contribution in [1.29, 1.82) is 5.41 Å². The number of nitrogens with one attached hydrogen (secondary N) is 1. The van der Waals surface area contributed by atoms with E-state index in [-0.39, 0.29) is 5.41 Å². The molecule has 0 radical (unpaired) electrons. The lowest BCUT2D eigenvalue weighted by Crippen LogP contribution is -2.20. The van der Waals surface area contributed by atoms with Crippen LogP contribution in [0.3, 0.4) is 0 Å². The number of hydrogen-bond donors (Lipinski definition) is 2. The van der Waals surface area contributed by atoms with E-state index in [1.807, 2.05) is 12.1 Å². The molecule has 0 saturated carbocycles. The summed E-state index contributed by atoms with van der Waals surface area (Å²) in [6.07, 6.45) is 5.01. The van der Waals surface area contributed by atoms with Crippen molar-refractivity contribution >= 4 is 5.84 Å². The molecule has 1 aromatic carbocycles. The Labute approximate surface area is 116 Å². The van der Waals surface area contributed by atoms with Gasteiger partial charge >= 0.3 is 0 Å². The monoisotopic (exact) mass is 262 g/mol. The summed E-state index contributed by atoms with van der Waals surface area (Å²) in [4.78, 5) is 0. The maximum Gasteiger partial charge on any atom is 0.118 e. The van der Waals surface area contributed by atoms with Crippen molar-refractivity contribution in [2.75, 3.05) is 7.11 Å². The van der Waals surface area contributed by atoms with Crippen LogP contribution in [0.25, 0.3) is 0 Å². The van der Waals surface area contributed by atoms with Gasteiger partial charge in [-0.15, -0.1) is 0 Å². The van der Waals surface area contributed by atoms with E-state index in [1.54, 1.807) is 7.11 Å². The van der Waals surface area contributed by atoms with Crippen LogP contribution in [0, 0.1) is 10.8 Å². The van der Waals surface area contributed by atoms with Crippen molar-refractivity contribution < 1.29 is 4.74 Å². The van der Waals surface area contributed by atoms with E-state index in [2.05, 4.69) is 26.0 Å². The first-order valence-electron chi connectivity index (χ1n) is 6.95. The highest BCUT2D eigenvalue weighted by atomic mass is 16.5. The summed E-state index contributed by atoms with van der Waals surface area (Å²) < 4.78 is 5.18. The molecule has 0 saturated heterocycles. The van der Waals surface area contributed by atoms with Crippen LogP contribution < -0.4 is 10.5 Å². The molecule has 0 bridgehead atoms. The zero-order chi connectivity index (χ0) is 14.3. The Bertz CT molecular complexity index is 400. The zero-order valence-corrected chi connectivity index (χ0v) is 12.3. The van der Waals surface area contributed by atoms with Crippen molar-refractivity contribution in [3.05, 3.63) is 29.8 Å². The summed E-state index contributed by atoms with van der Waals surface area (Å²) in [6, 6.07) is 8.30. The molecule has 1 unspecified atom stereocenters. The van der Waals surface area contributed by atoms with Crippen LogP contribution in [0.5, 0.6) is 5.75 Å². The second kappa shape index (κ2) is 7.17. The molecule has 1 rings (SSSR count). The lowest BCUT2D eigenvalue weighted by molar-refractivity contribution is 0.276. The summed E-state index contributed by atoms with van der Waals surface area (Å²) in [7, 11) is 1.69. The predicted octanol–water partition coefficient (Wildman–Crippen LogP) is 3.76. The number of hydrogen-bond acceptors (Lipinski definition) is 2. The van der Waals surface area contributed by atoms with Crippen molar-refractivity contribution in [3.63, 3.8) is 0 Å². The molecule has 3 heteroatoms. The Morgan fingerprint density at radius 1 is 1.32 bits per heavy atom. The van der Waals surface area contributed by atoms with Crippen LogP contribution >= 0.6 is 0 Å². The Kier molecular flexibility index (Phi) is 5.87. The van der Waals surface area contributed by atoms with Gasteiger partial charge in [-0.05, 0) is 42.4 Å². The SMILES string of the molecule is CCC(C)(CCCC(=N)N)Cc1ccc(OC)cc1. The van der Waals surface area contributed by atoms with E-state index >= 15 is 0 Å². The van der Waals surface area contributed by atoms with Crippen LogP contribution in [-0.2, 0) is 6.42 Å². The average molecular weight is 262 g/mol. The summed E-state index contributed by atoms with van der Waals surface area (Å²) in [6.45, 7) is 4.55. The predicted molar refractivity (Wildman–Crippen MR) is 80.9 cm³/mol. The lowest BCUT2D eigenvalue weighted by atomic mass is 9.77. The van der Waals surface area contributed by atoms with E-state index < -0.39 is 0 Å². The van der Waals surface area contributed by atoms with E-state index in [9.17, 15) is 0 Å². The highest BCUT2D eigenvalue weighted by Gasteiger charge is 2.22. The van der Waals surface area contributed by atoms with Gasteiger partial charge in [0, 0.05) is 6.42 Å². The molecule has 0 aromatic heterocycles. The Morgan fingerprint density at radius 2 is 1.95 bits per heavy atom. The third-order valence-electron chi connectivity index (χ3n) is 3.87. The third kappa shape index (κ3) is 5.33. The van der Waals surface area contributed by atoms with Crippen LogP contribution in [0.1, 0.15) is 45.1 Å². The molecule has 0 heterocycles. The second-order valence-corrected chi connectivity index (χ2v) is 5.57. The molecule has 1 aromatic rings.